The van der Waals surface area contributed by atoms with Gasteiger partial charge in [0.05, 0.1) is 6.04 Å². The lowest BCUT2D eigenvalue weighted by molar-refractivity contribution is 0.523. The summed E-state index contributed by atoms with van der Waals surface area (Å²) >= 11 is 1.60. The maximum Gasteiger partial charge on any atom is 0.123 e. The Morgan fingerprint density at radius 1 is 1.33 bits per heavy atom. The first-order valence-electron chi connectivity index (χ1n) is 6.00. The van der Waals surface area contributed by atoms with E-state index in [1.54, 1.807) is 23.5 Å². The van der Waals surface area contributed by atoms with E-state index in [4.69, 9.17) is 0 Å². The van der Waals surface area contributed by atoms with E-state index >= 15 is 0 Å². The number of nitrogens with zero attached hydrogens (tertiary/aromatic N) is 1. The summed E-state index contributed by atoms with van der Waals surface area (Å²) in [6.07, 6.45) is 0. The molecule has 4 heteroatoms. The van der Waals surface area contributed by atoms with E-state index in [0.717, 1.165) is 16.3 Å². The van der Waals surface area contributed by atoms with Crippen molar-refractivity contribution in [1.29, 1.82) is 0 Å². The van der Waals surface area contributed by atoms with Crippen LogP contribution in [-0.2, 0) is 0 Å². The summed E-state index contributed by atoms with van der Waals surface area (Å²) in [6, 6.07) is 6.96. The average molecular weight is 264 g/mol. The molecule has 0 aliphatic carbocycles. The molecule has 1 aromatic heterocycles. The van der Waals surface area contributed by atoms with Gasteiger partial charge in [-0.2, -0.15) is 0 Å². The molecule has 1 heterocycles. The smallest absolute Gasteiger partial charge is 0.123 e. The summed E-state index contributed by atoms with van der Waals surface area (Å²) in [5.41, 5.74) is 1.92. The van der Waals surface area contributed by atoms with Crippen molar-refractivity contribution >= 4 is 11.3 Å². The van der Waals surface area contributed by atoms with Crippen molar-refractivity contribution < 1.29 is 4.39 Å². The summed E-state index contributed by atoms with van der Waals surface area (Å²) in [7, 11) is 0. The second-order valence-corrected chi connectivity index (χ2v) is 5.53. The van der Waals surface area contributed by atoms with Crippen LogP contribution in [0.5, 0.6) is 0 Å². The third kappa shape index (κ3) is 3.15. The van der Waals surface area contributed by atoms with Gasteiger partial charge in [-0.15, -0.1) is 11.3 Å². The number of halogens is 1. The zero-order valence-corrected chi connectivity index (χ0v) is 11.6. The lowest BCUT2D eigenvalue weighted by atomic mass is 10.1. The first-order chi connectivity index (χ1) is 8.56. The van der Waals surface area contributed by atoms with Crippen LogP contribution in [-0.4, -0.2) is 11.0 Å². The van der Waals surface area contributed by atoms with E-state index in [0.29, 0.717) is 6.04 Å². The standard InChI is InChI=1S/C14H17FN2S/c1-9(2)16-13(14-17-10(3)8-18-14)11-5-4-6-12(15)7-11/h4-9,13,16H,1-3H3. The molecule has 0 aliphatic rings. The van der Waals surface area contributed by atoms with Crippen LogP contribution in [0.3, 0.4) is 0 Å². The van der Waals surface area contributed by atoms with Crippen LogP contribution in [0.1, 0.15) is 36.2 Å². The second-order valence-electron chi connectivity index (χ2n) is 4.64. The summed E-state index contributed by atoms with van der Waals surface area (Å²) in [6.45, 7) is 6.12. The minimum absolute atomic E-state index is 0.0422. The molecule has 2 rings (SSSR count). The van der Waals surface area contributed by atoms with Crippen LogP contribution < -0.4 is 5.32 Å². The van der Waals surface area contributed by atoms with Crippen LogP contribution in [0.25, 0.3) is 0 Å². The molecule has 96 valence electrons. The Balaban J connectivity index is 2.36. The zero-order chi connectivity index (χ0) is 13.1. The molecule has 0 saturated carbocycles. The molecule has 0 amide bonds. The lowest BCUT2D eigenvalue weighted by Gasteiger charge is -2.19. The third-order valence-electron chi connectivity index (χ3n) is 2.57. The quantitative estimate of drug-likeness (QED) is 0.911. The number of aryl methyl sites for hydroxylation is 1. The second kappa shape index (κ2) is 5.59. The minimum atomic E-state index is -0.212. The van der Waals surface area contributed by atoms with Crippen molar-refractivity contribution in [3.8, 4) is 0 Å². The Kier molecular flexibility index (Phi) is 4.09. The summed E-state index contributed by atoms with van der Waals surface area (Å²) in [4.78, 5) is 4.50. The first kappa shape index (κ1) is 13.2. The molecule has 0 spiro atoms. The SMILES string of the molecule is Cc1csc(C(NC(C)C)c2cccc(F)c2)n1. The van der Waals surface area contributed by atoms with Crippen LogP contribution in [0.15, 0.2) is 29.6 Å². The molecule has 0 bridgehead atoms. The largest absolute Gasteiger partial charge is 0.302 e. The monoisotopic (exact) mass is 264 g/mol. The molecular weight excluding hydrogens is 247 g/mol. The highest BCUT2D eigenvalue weighted by Crippen LogP contribution is 2.26. The van der Waals surface area contributed by atoms with E-state index in [2.05, 4.69) is 24.1 Å². The van der Waals surface area contributed by atoms with Crippen LogP contribution in [0.2, 0.25) is 0 Å². The number of hydrogen-bond donors (Lipinski definition) is 1. The molecule has 0 aliphatic heterocycles. The van der Waals surface area contributed by atoms with Gasteiger partial charge in [-0.3, -0.25) is 0 Å². The van der Waals surface area contributed by atoms with Crippen molar-refractivity contribution in [1.82, 2.24) is 10.3 Å². The topological polar surface area (TPSA) is 24.9 Å². The Morgan fingerprint density at radius 2 is 2.11 bits per heavy atom. The van der Waals surface area contributed by atoms with Gasteiger partial charge in [0.1, 0.15) is 10.8 Å². The summed E-state index contributed by atoms with van der Waals surface area (Å²) in [5.74, 6) is -0.212. The molecule has 0 radical (unpaired) electrons. The number of rotatable bonds is 4. The van der Waals surface area contributed by atoms with Gasteiger partial charge in [0.25, 0.3) is 0 Å². The molecule has 0 saturated heterocycles. The van der Waals surface area contributed by atoms with E-state index in [1.807, 2.05) is 18.4 Å². The van der Waals surface area contributed by atoms with E-state index in [9.17, 15) is 4.39 Å². The van der Waals surface area contributed by atoms with Gasteiger partial charge >= 0.3 is 0 Å². The molecule has 0 fully saturated rings. The molecule has 2 nitrogen and oxygen atoms in total. The lowest BCUT2D eigenvalue weighted by Crippen LogP contribution is -2.29. The third-order valence-corrected chi connectivity index (χ3v) is 3.59. The highest BCUT2D eigenvalue weighted by atomic mass is 32.1. The fraction of sp³-hybridized carbons (Fsp3) is 0.357. The maximum atomic E-state index is 13.3. The number of hydrogen-bond acceptors (Lipinski definition) is 3. The molecule has 2 aromatic rings. The van der Waals surface area contributed by atoms with Gasteiger partial charge in [0, 0.05) is 17.1 Å². The molecule has 1 atom stereocenters. The maximum absolute atomic E-state index is 13.3. The van der Waals surface area contributed by atoms with Crippen molar-refractivity contribution in [3.63, 3.8) is 0 Å². The minimum Gasteiger partial charge on any atom is -0.302 e. The van der Waals surface area contributed by atoms with E-state index in [1.165, 1.54) is 6.07 Å². The zero-order valence-electron chi connectivity index (χ0n) is 10.8. The molecular formula is C14H17FN2S. The summed E-state index contributed by atoms with van der Waals surface area (Å²) < 4.78 is 13.3. The van der Waals surface area contributed by atoms with Crippen LogP contribution in [0.4, 0.5) is 4.39 Å². The summed E-state index contributed by atoms with van der Waals surface area (Å²) in [5, 5.41) is 6.43. The van der Waals surface area contributed by atoms with Gasteiger partial charge in [-0.1, -0.05) is 12.1 Å². The Labute approximate surface area is 111 Å². The van der Waals surface area contributed by atoms with Crippen LogP contribution >= 0.6 is 11.3 Å². The van der Waals surface area contributed by atoms with Crippen molar-refractivity contribution in [2.45, 2.75) is 32.9 Å². The highest BCUT2D eigenvalue weighted by molar-refractivity contribution is 7.09. The van der Waals surface area contributed by atoms with Crippen molar-refractivity contribution in [2.24, 2.45) is 0 Å². The van der Waals surface area contributed by atoms with Gasteiger partial charge in [0.15, 0.2) is 0 Å². The number of aromatic nitrogens is 1. The highest BCUT2D eigenvalue weighted by Gasteiger charge is 2.18. The Morgan fingerprint density at radius 3 is 2.67 bits per heavy atom. The molecule has 1 N–H and O–H groups in total. The Hall–Kier alpha value is -1.26. The number of nitrogens with one attached hydrogen (secondary N) is 1. The van der Waals surface area contributed by atoms with Crippen molar-refractivity contribution in [3.05, 3.63) is 51.7 Å². The van der Waals surface area contributed by atoms with E-state index < -0.39 is 0 Å². The molecule has 1 unspecified atom stereocenters. The fourth-order valence-corrected chi connectivity index (χ4v) is 2.72. The van der Waals surface area contributed by atoms with Gasteiger partial charge in [-0.25, -0.2) is 9.37 Å². The van der Waals surface area contributed by atoms with Gasteiger partial charge < -0.3 is 5.32 Å². The van der Waals surface area contributed by atoms with Gasteiger partial charge in [0.2, 0.25) is 0 Å². The predicted octanol–water partition coefficient (Wildman–Crippen LogP) is 3.68. The van der Waals surface area contributed by atoms with Crippen molar-refractivity contribution in [2.75, 3.05) is 0 Å². The number of benzene rings is 1. The van der Waals surface area contributed by atoms with E-state index in [-0.39, 0.29) is 11.9 Å². The fourth-order valence-electron chi connectivity index (χ4n) is 1.83. The Bertz CT molecular complexity index is 522. The normalized spacial score (nSPS) is 12.9. The molecule has 1 aromatic carbocycles. The first-order valence-corrected chi connectivity index (χ1v) is 6.88. The van der Waals surface area contributed by atoms with Crippen LogP contribution in [0, 0.1) is 12.7 Å². The predicted molar refractivity (Wildman–Crippen MR) is 73.4 cm³/mol. The molecule has 18 heavy (non-hydrogen) atoms. The van der Waals surface area contributed by atoms with Gasteiger partial charge in [-0.05, 0) is 38.5 Å². The average Bonchev–Trinajstić information content (AvgIpc) is 2.72. The number of thiazole rings is 1.